The number of fused-ring (bicyclic) bond motifs is 1. The minimum absolute atomic E-state index is 0.0992. The molecule has 1 aliphatic rings. The van der Waals surface area contributed by atoms with Gasteiger partial charge in [-0.2, -0.15) is 0 Å². The van der Waals surface area contributed by atoms with Crippen LogP contribution in [0.15, 0.2) is 35.1 Å². The van der Waals surface area contributed by atoms with Crippen molar-refractivity contribution in [1.29, 1.82) is 0 Å². The van der Waals surface area contributed by atoms with Crippen LogP contribution >= 0.6 is 0 Å². The van der Waals surface area contributed by atoms with Gasteiger partial charge in [-0.15, -0.1) is 0 Å². The Morgan fingerprint density at radius 1 is 1.09 bits per heavy atom. The van der Waals surface area contributed by atoms with Crippen molar-refractivity contribution < 1.29 is 14.3 Å². The number of ether oxygens (including phenoxy) is 1. The van der Waals surface area contributed by atoms with Gasteiger partial charge >= 0.3 is 0 Å². The van der Waals surface area contributed by atoms with E-state index in [1.165, 1.54) is 11.1 Å². The summed E-state index contributed by atoms with van der Waals surface area (Å²) >= 11 is 0. The molecule has 1 aliphatic carbocycles. The SMILES string of the molecule is COc1cc2c(cc1C(O)c1ccoc1)C(C)(C)CCC2(C)C. The van der Waals surface area contributed by atoms with Crippen molar-refractivity contribution in [3.8, 4) is 5.75 Å². The Hall–Kier alpha value is -1.74. The Kier molecular flexibility index (Phi) is 3.80. The fourth-order valence-corrected chi connectivity index (χ4v) is 3.61. The van der Waals surface area contributed by atoms with E-state index in [0.717, 1.165) is 29.7 Å². The van der Waals surface area contributed by atoms with E-state index in [0.29, 0.717) is 0 Å². The lowest BCUT2D eigenvalue weighted by molar-refractivity contribution is 0.212. The normalized spacial score (nSPS) is 19.9. The number of methoxy groups -OCH3 is 1. The molecule has 0 spiro atoms. The molecule has 0 amide bonds. The molecular weight excluding hydrogens is 288 g/mol. The molecule has 2 aromatic rings. The number of benzene rings is 1. The highest BCUT2D eigenvalue weighted by molar-refractivity contribution is 5.52. The summed E-state index contributed by atoms with van der Waals surface area (Å²) in [5.41, 5.74) is 4.41. The monoisotopic (exact) mass is 314 g/mol. The van der Waals surface area contributed by atoms with E-state index in [9.17, 15) is 5.11 Å². The second-order valence-corrected chi connectivity index (χ2v) is 7.87. The van der Waals surface area contributed by atoms with Gasteiger partial charge in [0, 0.05) is 11.1 Å². The van der Waals surface area contributed by atoms with Crippen molar-refractivity contribution in [3.63, 3.8) is 0 Å². The van der Waals surface area contributed by atoms with Gasteiger partial charge in [0.1, 0.15) is 11.9 Å². The number of rotatable bonds is 3. The predicted molar refractivity (Wildman–Crippen MR) is 91.0 cm³/mol. The summed E-state index contributed by atoms with van der Waals surface area (Å²) in [6.07, 6.45) is 4.71. The average Bonchev–Trinajstić information content (AvgIpc) is 3.04. The topological polar surface area (TPSA) is 42.6 Å². The first-order valence-electron chi connectivity index (χ1n) is 8.19. The predicted octanol–water partition coefficient (Wildman–Crippen LogP) is 4.72. The van der Waals surface area contributed by atoms with Gasteiger partial charge in [0.2, 0.25) is 0 Å². The molecule has 0 saturated heterocycles. The molecule has 1 aromatic heterocycles. The van der Waals surface area contributed by atoms with Crippen molar-refractivity contribution in [2.75, 3.05) is 7.11 Å². The Morgan fingerprint density at radius 2 is 1.70 bits per heavy atom. The zero-order valence-electron chi connectivity index (χ0n) is 14.6. The average molecular weight is 314 g/mol. The highest BCUT2D eigenvalue weighted by Gasteiger charge is 2.38. The third-order valence-corrected chi connectivity index (χ3v) is 5.36. The van der Waals surface area contributed by atoms with Crippen LogP contribution in [0.4, 0.5) is 0 Å². The fraction of sp³-hybridized carbons (Fsp3) is 0.500. The Labute approximate surface area is 138 Å². The molecule has 1 unspecified atom stereocenters. The molecule has 1 heterocycles. The smallest absolute Gasteiger partial charge is 0.125 e. The maximum absolute atomic E-state index is 10.8. The number of aliphatic hydroxyl groups excluding tert-OH is 1. The standard InChI is InChI=1S/C20H26O3/c1-19(2)7-8-20(3,4)16-11-17(22-5)14(10-15(16)19)18(21)13-6-9-23-12-13/h6,9-12,18,21H,7-8H2,1-5H3. The number of hydrogen-bond acceptors (Lipinski definition) is 3. The minimum Gasteiger partial charge on any atom is -0.496 e. The molecule has 124 valence electrons. The Bertz CT molecular complexity index is 696. The van der Waals surface area contributed by atoms with Crippen molar-refractivity contribution in [2.45, 2.75) is 57.5 Å². The summed E-state index contributed by atoms with van der Waals surface area (Å²) in [5, 5.41) is 10.8. The molecule has 0 radical (unpaired) electrons. The second kappa shape index (κ2) is 5.41. The van der Waals surface area contributed by atoms with Crippen LogP contribution in [0, 0.1) is 0 Å². The zero-order chi connectivity index (χ0) is 16.8. The molecule has 1 aromatic carbocycles. The summed E-state index contributed by atoms with van der Waals surface area (Å²) in [4.78, 5) is 0. The third kappa shape index (κ3) is 2.67. The maximum Gasteiger partial charge on any atom is 0.125 e. The lowest BCUT2D eigenvalue weighted by Gasteiger charge is -2.42. The number of aliphatic hydroxyl groups is 1. The molecule has 3 heteroatoms. The van der Waals surface area contributed by atoms with Gasteiger partial charge in [-0.25, -0.2) is 0 Å². The van der Waals surface area contributed by atoms with E-state index in [4.69, 9.17) is 9.15 Å². The lowest BCUT2D eigenvalue weighted by atomic mass is 9.62. The summed E-state index contributed by atoms with van der Waals surface area (Å²) in [6.45, 7) is 9.13. The van der Waals surface area contributed by atoms with Gasteiger partial charge in [0.15, 0.2) is 0 Å². The Balaban J connectivity index is 2.19. The molecule has 23 heavy (non-hydrogen) atoms. The molecule has 3 nitrogen and oxygen atoms in total. The first kappa shape index (κ1) is 16.1. The molecule has 1 N–H and O–H groups in total. The molecule has 3 rings (SSSR count). The molecule has 0 bridgehead atoms. The molecule has 0 fully saturated rings. The van der Waals surface area contributed by atoms with Crippen molar-refractivity contribution in [3.05, 3.63) is 53.0 Å². The van der Waals surface area contributed by atoms with E-state index in [1.54, 1.807) is 25.7 Å². The lowest BCUT2D eigenvalue weighted by Crippen LogP contribution is -2.34. The second-order valence-electron chi connectivity index (χ2n) is 7.87. The van der Waals surface area contributed by atoms with Gasteiger partial charge in [-0.1, -0.05) is 27.7 Å². The minimum atomic E-state index is -0.741. The summed E-state index contributed by atoms with van der Waals surface area (Å²) in [5.74, 6) is 0.739. The maximum atomic E-state index is 10.8. The quantitative estimate of drug-likeness (QED) is 0.891. The molecule has 0 aliphatic heterocycles. The van der Waals surface area contributed by atoms with Crippen LogP contribution in [0.3, 0.4) is 0 Å². The third-order valence-electron chi connectivity index (χ3n) is 5.36. The van der Waals surface area contributed by atoms with Crippen LogP contribution in [-0.2, 0) is 10.8 Å². The van der Waals surface area contributed by atoms with Crippen LogP contribution in [0.5, 0.6) is 5.75 Å². The number of furan rings is 1. The summed E-state index contributed by atoms with van der Waals surface area (Å²) in [6, 6.07) is 6.04. The van der Waals surface area contributed by atoms with E-state index >= 15 is 0 Å². The van der Waals surface area contributed by atoms with Crippen LogP contribution in [0.25, 0.3) is 0 Å². The van der Waals surface area contributed by atoms with E-state index in [1.807, 2.05) is 0 Å². The highest BCUT2D eigenvalue weighted by atomic mass is 16.5. The van der Waals surface area contributed by atoms with E-state index in [-0.39, 0.29) is 10.8 Å². The molecule has 0 saturated carbocycles. The first-order valence-corrected chi connectivity index (χ1v) is 8.19. The van der Waals surface area contributed by atoms with Crippen LogP contribution in [0.1, 0.15) is 68.9 Å². The summed E-state index contributed by atoms with van der Waals surface area (Å²) < 4.78 is 10.7. The van der Waals surface area contributed by atoms with Gasteiger partial charge in [-0.3, -0.25) is 0 Å². The van der Waals surface area contributed by atoms with E-state index in [2.05, 4.69) is 39.8 Å². The highest BCUT2D eigenvalue weighted by Crippen LogP contribution is 2.48. The van der Waals surface area contributed by atoms with Gasteiger partial charge in [0.05, 0.1) is 19.6 Å². The first-order chi connectivity index (χ1) is 10.8. The van der Waals surface area contributed by atoms with Gasteiger partial charge < -0.3 is 14.3 Å². The van der Waals surface area contributed by atoms with Crippen LogP contribution < -0.4 is 4.74 Å². The molecule has 1 atom stereocenters. The van der Waals surface area contributed by atoms with E-state index < -0.39 is 6.10 Å². The number of hydrogen-bond donors (Lipinski definition) is 1. The van der Waals surface area contributed by atoms with Crippen LogP contribution in [0.2, 0.25) is 0 Å². The summed E-state index contributed by atoms with van der Waals surface area (Å²) in [7, 11) is 1.66. The van der Waals surface area contributed by atoms with Crippen molar-refractivity contribution in [2.24, 2.45) is 0 Å². The van der Waals surface area contributed by atoms with Crippen molar-refractivity contribution in [1.82, 2.24) is 0 Å². The zero-order valence-corrected chi connectivity index (χ0v) is 14.6. The van der Waals surface area contributed by atoms with Crippen molar-refractivity contribution >= 4 is 0 Å². The largest absolute Gasteiger partial charge is 0.496 e. The van der Waals surface area contributed by atoms with Gasteiger partial charge in [-0.05, 0) is 53.0 Å². The Morgan fingerprint density at radius 3 is 2.22 bits per heavy atom. The van der Waals surface area contributed by atoms with Crippen LogP contribution in [-0.4, -0.2) is 12.2 Å². The van der Waals surface area contributed by atoms with Gasteiger partial charge in [0.25, 0.3) is 0 Å². The molecular formula is C20H26O3. The fourth-order valence-electron chi connectivity index (χ4n) is 3.61.